The molecule has 0 spiro atoms. The van der Waals surface area contributed by atoms with Gasteiger partial charge < -0.3 is 20.6 Å². The molecule has 5 heteroatoms. The Bertz CT molecular complexity index is 209. The predicted molar refractivity (Wildman–Crippen MR) is 49.9 cm³/mol. The summed E-state index contributed by atoms with van der Waals surface area (Å²) < 4.78 is 0. The molecule has 0 amide bonds. The Kier molecular flexibility index (Phi) is 3.86. The lowest BCUT2D eigenvalue weighted by Crippen LogP contribution is -2.47. The van der Waals surface area contributed by atoms with Crippen LogP contribution in [0.1, 0.15) is 26.2 Å². The molecule has 4 unspecified atom stereocenters. The minimum Gasteiger partial charge on any atom is -0.480 e. The fourth-order valence-electron chi connectivity index (χ4n) is 1.71. The summed E-state index contributed by atoms with van der Waals surface area (Å²) >= 11 is 0. The lowest BCUT2D eigenvalue weighted by Gasteiger charge is -2.31. The summed E-state index contributed by atoms with van der Waals surface area (Å²) in [5.74, 6) is -0.898. The molecule has 1 fully saturated rings. The molecule has 5 nitrogen and oxygen atoms in total. The second-order valence-electron chi connectivity index (χ2n) is 3.87. The molecule has 0 aromatic carbocycles. The highest BCUT2D eigenvalue weighted by atomic mass is 16.4. The monoisotopic (exact) mass is 203 g/mol. The van der Waals surface area contributed by atoms with Gasteiger partial charge in [-0.25, -0.2) is 0 Å². The van der Waals surface area contributed by atoms with Gasteiger partial charge in [0.05, 0.1) is 12.2 Å². The Morgan fingerprint density at radius 3 is 2.50 bits per heavy atom. The Labute approximate surface area is 82.7 Å². The molecule has 1 aliphatic rings. The highest BCUT2D eigenvalue weighted by Crippen LogP contribution is 2.19. The number of carboxylic acid groups (broad SMARTS) is 1. The molecule has 0 aromatic heterocycles. The molecule has 0 bridgehead atoms. The van der Waals surface area contributed by atoms with Crippen molar-refractivity contribution in [2.45, 2.75) is 50.5 Å². The van der Waals surface area contributed by atoms with Crippen molar-refractivity contribution in [3.05, 3.63) is 0 Å². The van der Waals surface area contributed by atoms with Gasteiger partial charge in [0.15, 0.2) is 0 Å². The third-order valence-electron chi connectivity index (χ3n) is 2.64. The van der Waals surface area contributed by atoms with E-state index in [-0.39, 0.29) is 6.04 Å². The number of hydrogen-bond acceptors (Lipinski definition) is 4. The fourth-order valence-corrected chi connectivity index (χ4v) is 1.71. The van der Waals surface area contributed by atoms with Gasteiger partial charge in [0, 0.05) is 6.04 Å². The number of hydrogen-bond donors (Lipinski definition) is 4. The Morgan fingerprint density at radius 1 is 1.36 bits per heavy atom. The topological polar surface area (TPSA) is 89.8 Å². The van der Waals surface area contributed by atoms with Crippen LogP contribution >= 0.6 is 0 Å². The average Bonchev–Trinajstić information content (AvgIpc) is 2.11. The first-order chi connectivity index (χ1) is 6.50. The summed E-state index contributed by atoms with van der Waals surface area (Å²) in [5.41, 5.74) is 0. The van der Waals surface area contributed by atoms with E-state index in [1.807, 2.05) is 0 Å². The first kappa shape index (κ1) is 11.4. The van der Waals surface area contributed by atoms with Gasteiger partial charge in [-0.05, 0) is 26.2 Å². The third kappa shape index (κ3) is 2.94. The van der Waals surface area contributed by atoms with Gasteiger partial charge in [0.25, 0.3) is 0 Å². The maximum atomic E-state index is 10.5. The number of aliphatic hydroxyl groups is 2. The van der Waals surface area contributed by atoms with E-state index in [1.54, 1.807) is 6.92 Å². The predicted octanol–water partition coefficient (Wildman–Crippen LogP) is -0.677. The highest BCUT2D eigenvalue weighted by Gasteiger charge is 2.28. The largest absolute Gasteiger partial charge is 0.480 e. The van der Waals surface area contributed by atoms with Gasteiger partial charge in [0.1, 0.15) is 6.04 Å². The lowest BCUT2D eigenvalue weighted by atomic mass is 9.90. The fraction of sp³-hybridized carbons (Fsp3) is 0.889. The summed E-state index contributed by atoms with van der Waals surface area (Å²) in [6.45, 7) is 1.57. The van der Waals surface area contributed by atoms with Gasteiger partial charge >= 0.3 is 5.97 Å². The number of carboxylic acids is 1. The molecule has 1 saturated carbocycles. The molecule has 0 saturated heterocycles. The molecule has 0 heterocycles. The highest BCUT2D eigenvalue weighted by molar-refractivity contribution is 5.72. The van der Waals surface area contributed by atoms with Crippen LogP contribution in [0.2, 0.25) is 0 Å². The van der Waals surface area contributed by atoms with Crippen LogP contribution in [0.5, 0.6) is 0 Å². The molecule has 1 rings (SSSR count). The lowest BCUT2D eigenvalue weighted by molar-refractivity contribution is -0.139. The van der Waals surface area contributed by atoms with Crippen LogP contribution in [-0.4, -0.2) is 45.6 Å². The van der Waals surface area contributed by atoms with Crippen molar-refractivity contribution in [2.75, 3.05) is 0 Å². The number of aliphatic carboxylic acids is 1. The second kappa shape index (κ2) is 4.72. The van der Waals surface area contributed by atoms with Crippen molar-refractivity contribution < 1.29 is 20.1 Å². The zero-order valence-corrected chi connectivity index (χ0v) is 8.18. The molecule has 0 aliphatic heterocycles. The molecule has 14 heavy (non-hydrogen) atoms. The average molecular weight is 203 g/mol. The van der Waals surface area contributed by atoms with E-state index >= 15 is 0 Å². The first-order valence-electron chi connectivity index (χ1n) is 4.85. The van der Waals surface area contributed by atoms with Gasteiger partial charge in [0.2, 0.25) is 0 Å². The van der Waals surface area contributed by atoms with Crippen LogP contribution in [0.25, 0.3) is 0 Å². The van der Waals surface area contributed by atoms with Crippen LogP contribution in [0, 0.1) is 0 Å². The maximum absolute atomic E-state index is 10.5. The summed E-state index contributed by atoms with van der Waals surface area (Å²) in [7, 11) is 0. The first-order valence-corrected chi connectivity index (χ1v) is 4.85. The molecule has 1 aliphatic carbocycles. The van der Waals surface area contributed by atoms with E-state index in [9.17, 15) is 15.0 Å². The minimum absolute atomic E-state index is 0.0144. The zero-order valence-electron chi connectivity index (χ0n) is 8.18. The number of aliphatic hydroxyl groups excluding tert-OH is 2. The van der Waals surface area contributed by atoms with E-state index in [4.69, 9.17) is 5.11 Å². The molecular formula is C9H17NO4. The molecule has 0 aromatic rings. The minimum atomic E-state index is -0.898. The standard InChI is InChI=1S/C9H17NO4/c1-5(9(13)14)10-6-2-3-7(11)8(12)4-6/h5-8,10-12H,2-4H2,1H3,(H,13,14). The normalized spacial score (nSPS) is 35.2. The molecule has 4 atom stereocenters. The van der Waals surface area contributed by atoms with Crippen LogP contribution in [0.15, 0.2) is 0 Å². The molecule has 0 radical (unpaired) electrons. The smallest absolute Gasteiger partial charge is 0.320 e. The van der Waals surface area contributed by atoms with Crippen molar-refractivity contribution in [3.63, 3.8) is 0 Å². The van der Waals surface area contributed by atoms with Gasteiger partial charge in [-0.1, -0.05) is 0 Å². The maximum Gasteiger partial charge on any atom is 0.320 e. The van der Waals surface area contributed by atoms with E-state index < -0.39 is 24.2 Å². The van der Waals surface area contributed by atoms with Crippen LogP contribution in [0.4, 0.5) is 0 Å². The van der Waals surface area contributed by atoms with E-state index in [2.05, 4.69) is 5.32 Å². The Hall–Kier alpha value is -0.650. The van der Waals surface area contributed by atoms with Crippen molar-refractivity contribution >= 4 is 5.97 Å². The van der Waals surface area contributed by atoms with E-state index in [0.717, 1.165) is 0 Å². The third-order valence-corrected chi connectivity index (χ3v) is 2.64. The van der Waals surface area contributed by atoms with Crippen molar-refractivity contribution in [1.29, 1.82) is 0 Å². The molecule has 82 valence electrons. The van der Waals surface area contributed by atoms with E-state index in [1.165, 1.54) is 0 Å². The number of carbonyl (C=O) groups is 1. The molecule has 4 N–H and O–H groups in total. The number of rotatable bonds is 3. The Morgan fingerprint density at radius 2 is 2.00 bits per heavy atom. The molecular weight excluding hydrogens is 186 g/mol. The van der Waals surface area contributed by atoms with Crippen LogP contribution in [-0.2, 0) is 4.79 Å². The van der Waals surface area contributed by atoms with E-state index in [0.29, 0.717) is 19.3 Å². The SMILES string of the molecule is CC(NC1CCC(O)C(O)C1)C(=O)O. The summed E-state index contributed by atoms with van der Waals surface area (Å²) in [6.07, 6.45) is 0.246. The number of nitrogens with one attached hydrogen (secondary N) is 1. The van der Waals surface area contributed by atoms with Crippen molar-refractivity contribution in [1.82, 2.24) is 5.32 Å². The quantitative estimate of drug-likeness (QED) is 0.488. The van der Waals surface area contributed by atoms with Gasteiger partial charge in [-0.15, -0.1) is 0 Å². The summed E-state index contributed by atoms with van der Waals surface area (Å²) in [5, 5.41) is 30.2. The summed E-state index contributed by atoms with van der Waals surface area (Å²) in [6, 6.07) is -0.623. The van der Waals surface area contributed by atoms with Crippen LogP contribution in [0.3, 0.4) is 0 Å². The Balaban J connectivity index is 2.36. The van der Waals surface area contributed by atoms with Gasteiger partial charge in [-0.3, -0.25) is 4.79 Å². The van der Waals surface area contributed by atoms with Gasteiger partial charge in [-0.2, -0.15) is 0 Å². The van der Waals surface area contributed by atoms with Crippen LogP contribution < -0.4 is 5.32 Å². The van der Waals surface area contributed by atoms with Crippen molar-refractivity contribution in [2.24, 2.45) is 0 Å². The second-order valence-corrected chi connectivity index (χ2v) is 3.87. The van der Waals surface area contributed by atoms with Crippen molar-refractivity contribution in [3.8, 4) is 0 Å². The zero-order chi connectivity index (χ0) is 10.7. The summed E-state index contributed by atoms with van der Waals surface area (Å²) in [4.78, 5) is 10.5.